The van der Waals surface area contributed by atoms with Crippen LogP contribution in [-0.2, 0) is 5.88 Å². The van der Waals surface area contributed by atoms with Gasteiger partial charge in [-0.25, -0.2) is 4.98 Å². The van der Waals surface area contributed by atoms with Crippen molar-refractivity contribution in [2.24, 2.45) is 0 Å². The third-order valence-electron chi connectivity index (χ3n) is 3.53. The number of hydrogen-bond acceptors (Lipinski definition) is 2. The van der Waals surface area contributed by atoms with E-state index in [0.717, 1.165) is 24.2 Å². The van der Waals surface area contributed by atoms with Gasteiger partial charge in [-0.2, -0.15) is 0 Å². The highest BCUT2D eigenvalue weighted by atomic mass is 35.5. The van der Waals surface area contributed by atoms with Crippen molar-refractivity contribution in [1.82, 2.24) is 9.55 Å². The molecule has 2 heterocycles. The normalized spacial score (nSPS) is 12.9. The highest BCUT2D eigenvalue weighted by Gasteiger charge is 2.20. The molecule has 0 aliphatic carbocycles. The van der Waals surface area contributed by atoms with Crippen molar-refractivity contribution in [3.05, 3.63) is 52.5 Å². The van der Waals surface area contributed by atoms with Crippen LogP contribution in [0.25, 0.3) is 11.0 Å². The quantitative estimate of drug-likeness (QED) is 0.590. The minimum Gasteiger partial charge on any atom is -0.319 e. The predicted molar refractivity (Wildman–Crippen MR) is 86.7 cm³/mol. The second-order valence-electron chi connectivity index (χ2n) is 4.84. The summed E-state index contributed by atoms with van der Waals surface area (Å²) in [6.07, 6.45) is 2.24. The van der Waals surface area contributed by atoms with Gasteiger partial charge in [-0.1, -0.05) is 31.5 Å². The average Bonchev–Trinajstić information content (AvgIpc) is 3.12. The molecule has 0 spiro atoms. The van der Waals surface area contributed by atoms with Crippen LogP contribution in [-0.4, -0.2) is 9.55 Å². The summed E-state index contributed by atoms with van der Waals surface area (Å²) in [4.78, 5) is 6.06. The van der Waals surface area contributed by atoms with Gasteiger partial charge in [0.15, 0.2) is 0 Å². The summed E-state index contributed by atoms with van der Waals surface area (Å²) >= 11 is 7.93. The number of para-hydroxylation sites is 2. The summed E-state index contributed by atoms with van der Waals surface area (Å²) in [5.41, 5.74) is 2.20. The van der Waals surface area contributed by atoms with E-state index in [1.54, 1.807) is 11.3 Å². The number of imidazole rings is 1. The van der Waals surface area contributed by atoms with E-state index in [-0.39, 0.29) is 0 Å². The molecule has 0 saturated heterocycles. The fourth-order valence-electron chi connectivity index (χ4n) is 2.69. The van der Waals surface area contributed by atoms with Gasteiger partial charge in [-0.15, -0.1) is 22.9 Å². The van der Waals surface area contributed by atoms with Crippen LogP contribution in [0.15, 0.2) is 41.8 Å². The zero-order valence-corrected chi connectivity index (χ0v) is 13.0. The molecule has 2 nitrogen and oxygen atoms in total. The van der Waals surface area contributed by atoms with E-state index >= 15 is 0 Å². The van der Waals surface area contributed by atoms with E-state index in [4.69, 9.17) is 11.6 Å². The molecule has 1 atom stereocenters. The van der Waals surface area contributed by atoms with Crippen LogP contribution in [0.2, 0.25) is 0 Å². The van der Waals surface area contributed by atoms with Crippen LogP contribution in [0, 0.1) is 0 Å². The van der Waals surface area contributed by atoms with E-state index in [0.29, 0.717) is 11.9 Å². The molecule has 0 aliphatic heterocycles. The zero-order chi connectivity index (χ0) is 13.9. The SMILES string of the molecule is CCCC(c1cccs1)n1c(CCl)nc2ccccc21. The number of nitrogens with zero attached hydrogens (tertiary/aromatic N) is 2. The Balaban J connectivity index is 2.19. The molecular weight excluding hydrogens is 288 g/mol. The lowest BCUT2D eigenvalue weighted by atomic mass is 10.1. The van der Waals surface area contributed by atoms with Crippen LogP contribution in [0.4, 0.5) is 0 Å². The molecule has 0 aliphatic rings. The number of thiophene rings is 1. The fourth-order valence-corrected chi connectivity index (χ4v) is 3.73. The molecule has 0 saturated carbocycles. The molecule has 0 fully saturated rings. The minimum absolute atomic E-state index is 0.334. The third kappa shape index (κ3) is 2.36. The van der Waals surface area contributed by atoms with Crippen LogP contribution in [0.3, 0.4) is 0 Å². The number of fused-ring (bicyclic) bond motifs is 1. The van der Waals surface area contributed by atoms with E-state index in [9.17, 15) is 0 Å². The number of rotatable bonds is 5. The maximum Gasteiger partial charge on any atom is 0.125 e. The Bertz CT molecular complexity index is 688. The van der Waals surface area contributed by atoms with Gasteiger partial charge in [-0.3, -0.25) is 0 Å². The molecule has 3 aromatic rings. The summed E-state index contributed by atoms with van der Waals surface area (Å²) in [5, 5.41) is 2.14. The standard InChI is InChI=1S/C16H17ClN2S/c1-2-6-14(15-9-5-10-20-15)19-13-8-4-3-7-12(13)18-16(19)11-17/h3-5,7-10,14H,2,6,11H2,1H3. The Hall–Kier alpha value is -1.32. The molecular formula is C16H17ClN2S. The lowest BCUT2D eigenvalue weighted by Gasteiger charge is -2.20. The van der Waals surface area contributed by atoms with Crippen LogP contribution in [0.1, 0.15) is 36.5 Å². The summed E-state index contributed by atoms with van der Waals surface area (Å²) in [7, 11) is 0. The van der Waals surface area contributed by atoms with E-state index in [1.807, 2.05) is 6.07 Å². The summed E-state index contributed by atoms with van der Waals surface area (Å²) in [5.74, 6) is 1.40. The first-order valence-corrected chi connectivity index (χ1v) is 8.31. The fraction of sp³-hybridized carbons (Fsp3) is 0.312. The third-order valence-corrected chi connectivity index (χ3v) is 4.75. The van der Waals surface area contributed by atoms with Crippen LogP contribution < -0.4 is 0 Å². The first-order chi connectivity index (χ1) is 9.85. The molecule has 2 aromatic heterocycles. The molecule has 104 valence electrons. The molecule has 20 heavy (non-hydrogen) atoms. The molecule has 0 bridgehead atoms. The Labute approximate surface area is 128 Å². The largest absolute Gasteiger partial charge is 0.319 e. The topological polar surface area (TPSA) is 17.8 Å². The number of hydrogen-bond donors (Lipinski definition) is 0. The van der Waals surface area contributed by atoms with Crippen molar-refractivity contribution in [3.8, 4) is 0 Å². The number of aromatic nitrogens is 2. The van der Waals surface area contributed by atoms with Crippen molar-refractivity contribution in [2.45, 2.75) is 31.7 Å². The minimum atomic E-state index is 0.334. The second-order valence-corrected chi connectivity index (χ2v) is 6.09. The van der Waals surface area contributed by atoms with E-state index in [2.05, 4.69) is 52.2 Å². The maximum absolute atomic E-state index is 6.13. The van der Waals surface area contributed by atoms with Gasteiger partial charge in [0.05, 0.1) is 23.0 Å². The van der Waals surface area contributed by atoms with Gasteiger partial charge in [0.2, 0.25) is 0 Å². The van der Waals surface area contributed by atoms with Crippen molar-refractivity contribution >= 4 is 34.0 Å². The lowest BCUT2D eigenvalue weighted by Crippen LogP contribution is -2.12. The molecule has 1 aromatic carbocycles. The van der Waals surface area contributed by atoms with Crippen LogP contribution >= 0.6 is 22.9 Å². The monoisotopic (exact) mass is 304 g/mol. The van der Waals surface area contributed by atoms with Gasteiger partial charge in [0, 0.05) is 4.88 Å². The van der Waals surface area contributed by atoms with Gasteiger partial charge in [-0.05, 0) is 30.0 Å². The number of benzene rings is 1. The summed E-state index contributed by atoms with van der Waals surface area (Å²) in [6, 6.07) is 12.9. The Morgan fingerprint density at radius 3 is 2.80 bits per heavy atom. The Kier molecular flexibility index (Phi) is 4.08. The zero-order valence-electron chi connectivity index (χ0n) is 11.4. The van der Waals surface area contributed by atoms with Gasteiger partial charge in [0.1, 0.15) is 5.82 Å². The van der Waals surface area contributed by atoms with E-state index in [1.165, 1.54) is 10.4 Å². The Morgan fingerprint density at radius 2 is 2.10 bits per heavy atom. The smallest absolute Gasteiger partial charge is 0.125 e. The predicted octanol–water partition coefficient (Wildman–Crippen LogP) is 5.23. The molecule has 0 N–H and O–H groups in total. The van der Waals surface area contributed by atoms with E-state index < -0.39 is 0 Å². The lowest BCUT2D eigenvalue weighted by molar-refractivity contribution is 0.540. The second kappa shape index (κ2) is 5.98. The summed E-state index contributed by atoms with van der Waals surface area (Å²) in [6.45, 7) is 2.22. The molecule has 0 amide bonds. The number of alkyl halides is 1. The average molecular weight is 305 g/mol. The van der Waals surface area contributed by atoms with Gasteiger partial charge < -0.3 is 4.57 Å². The summed E-state index contributed by atoms with van der Waals surface area (Å²) < 4.78 is 2.32. The van der Waals surface area contributed by atoms with Gasteiger partial charge >= 0.3 is 0 Å². The highest BCUT2D eigenvalue weighted by Crippen LogP contribution is 2.32. The van der Waals surface area contributed by atoms with Crippen molar-refractivity contribution in [1.29, 1.82) is 0 Å². The van der Waals surface area contributed by atoms with Gasteiger partial charge in [0.25, 0.3) is 0 Å². The first kappa shape index (κ1) is 13.7. The highest BCUT2D eigenvalue weighted by molar-refractivity contribution is 7.10. The Morgan fingerprint density at radius 1 is 1.25 bits per heavy atom. The van der Waals surface area contributed by atoms with Crippen molar-refractivity contribution < 1.29 is 0 Å². The molecule has 1 unspecified atom stereocenters. The maximum atomic E-state index is 6.13. The van der Waals surface area contributed by atoms with Crippen molar-refractivity contribution in [3.63, 3.8) is 0 Å². The molecule has 3 rings (SSSR count). The molecule has 0 radical (unpaired) electrons. The van der Waals surface area contributed by atoms with Crippen molar-refractivity contribution in [2.75, 3.05) is 0 Å². The molecule has 4 heteroatoms. The first-order valence-electron chi connectivity index (χ1n) is 6.90. The number of halogens is 1. The van der Waals surface area contributed by atoms with Crippen LogP contribution in [0.5, 0.6) is 0 Å².